The Morgan fingerprint density at radius 2 is 2.62 bits per heavy atom. The van der Waals surface area contributed by atoms with Crippen molar-refractivity contribution in [2.75, 3.05) is 12.9 Å². The first-order valence-corrected chi connectivity index (χ1v) is 5.19. The van der Waals surface area contributed by atoms with Gasteiger partial charge in [-0.25, -0.2) is 4.79 Å². The van der Waals surface area contributed by atoms with Gasteiger partial charge in [0.1, 0.15) is 0 Å². The molecule has 0 spiro atoms. The fraction of sp³-hybridized carbons (Fsp3) is 0.500. The number of aromatic nitrogens is 2. The summed E-state index contributed by atoms with van der Waals surface area (Å²) in [6, 6.07) is 1.80. The lowest BCUT2D eigenvalue weighted by atomic mass is 10.4. The normalized spacial score (nSPS) is 15.2. The summed E-state index contributed by atoms with van der Waals surface area (Å²) >= 11 is 1.86. The largest absolute Gasteiger partial charge is 0.464 e. The van der Waals surface area contributed by atoms with E-state index in [4.69, 9.17) is 0 Å². The van der Waals surface area contributed by atoms with Gasteiger partial charge in [0.05, 0.1) is 13.7 Å². The summed E-state index contributed by atoms with van der Waals surface area (Å²) in [6.07, 6.45) is 0. The highest BCUT2D eigenvalue weighted by molar-refractivity contribution is 7.98. The number of hydrogen-bond donors (Lipinski definition) is 0. The molecule has 0 aliphatic carbocycles. The second-order valence-electron chi connectivity index (χ2n) is 2.79. The van der Waals surface area contributed by atoms with Crippen LogP contribution in [0.2, 0.25) is 0 Å². The number of esters is 1. The summed E-state index contributed by atoms with van der Waals surface area (Å²) in [5.41, 5.74) is 1.52. The SMILES string of the molecule is COC(=O)c1cc2n(n1)CCSC2. The highest BCUT2D eigenvalue weighted by Crippen LogP contribution is 2.19. The molecule has 0 N–H and O–H groups in total. The fourth-order valence-corrected chi connectivity index (χ4v) is 2.19. The molecule has 5 heteroatoms. The van der Waals surface area contributed by atoms with Crippen molar-refractivity contribution in [2.45, 2.75) is 12.3 Å². The molecular weight excluding hydrogens is 188 g/mol. The summed E-state index contributed by atoms with van der Waals surface area (Å²) in [5.74, 6) is 1.64. The summed E-state index contributed by atoms with van der Waals surface area (Å²) < 4.78 is 6.47. The van der Waals surface area contributed by atoms with Gasteiger partial charge < -0.3 is 4.74 Å². The van der Waals surface area contributed by atoms with Crippen LogP contribution in [0.15, 0.2) is 6.07 Å². The maximum absolute atomic E-state index is 11.1. The van der Waals surface area contributed by atoms with E-state index in [1.165, 1.54) is 7.11 Å². The Bertz CT molecular complexity index is 311. The van der Waals surface area contributed by atoms with E-state index < -0.39 is 0 Å². The minimum atomic E-state index is -0.355. The molecule has 1 aromatic heterocycles. The van der Waals surface area contributed by atoms with Crippen LogP contribution >= 0.6 is 11.8 Å². The average Bonchev–Trinajstić information content (AvgIpc) is 2.59. The predicted octanol–water partition coefficient (Wildman–Crippen LogP) is 0.916. The molecule has 0 atom stereocenters. The molecule has 0 saturated heterocycles. The highest BCUT2D eigenvalue weighted by atomic mass is 32.2. The summed E-state index contributed by atoms with van der Waals surface area (Å²) in [6.45, 7) is 0.886. The molecule has 0 amide bonds. The molecule has 1 aromatic rings. The van der Waals surface area contributed by atoms with E-state index in [2.05, 4.69) is 9.84 Å². The molecule has 2 heterocycles. The quantitative estimate of drug-likeness (QED) is 0.629. The Labute approximate surface area is 80.3 Å². The minimum Gasteiger partial charge on any atom is -0.464 e. The third-order valence-corrected chi connectivity index (χ3v) is 2.93. The zero-order valence-electron chi connectivity index (χ0n) is 7.32. The number of carbonyl (C=O) groups is 1. The number of thioether (sulfide) groups is 1. The van der Waals surface area contributed by atoms with Gasteiger partial charge in [-0.3, -0.25) is 4.68 Å². The van der Waals surface area contributed by atoms with E-state index in [1.54, 1.807) is 6.07 Å². The van der Waals surface area contributed by atoms with E-state index >= 15 is 0 Å². The van der Waals surface area contributed by atoms with Crippen LogP contribution in [0.5, 0.6) is 0 Å². The summed E-state index contributed by atoms with van der Waals surface area (Å²) in [4.78, 5) is 11.1. The monoisotopic (exact) mass is 198 g/mol. The van der Waals surface area contributed by atoms with Gasteiger partial charge >= 0.3 is 5.97 Å². The van der Waals surface area contributed by atoms with Gasteiger partial charge in [-0.15, -0.1) is 0 Å². The zero-order chi connectivity index (χ0) is 9.26. The Morgan fingerprint density at radius 3 is 3.31 bits per heavy atom. The molecule has 1 aliphatic heterocycles. The number of ether oxygens (including phenoxy) is 1. The molecule has 1 aliphatic rings. The van der Waals surface area contributed by atoms with Crippen LogP contribution < -0.4 is 0 Å². The number of fused-ring (bicyclic) bond motifs is 1. The molecule has 0 unspecified atom stereocenters. The predicted molar refractivity (Wildman–Crippen MR) is 49.7 cm³/mol. The lowest BCUT2D eigenvalue weighted by Gasteiger charge is -2.11. The van der Waals surface area contributed by atoms with Crippen LogP contribution in [0.1, 0.15) is 16.2 Å². The third-order valence-electron chi connectivity index (χ3n) is 1.96. The van der Waals surface area contributed by atoms with Crippen LogP contribution in [0.4, 0.5) is 0 Å². The van der Waals surface area contributed by atoms with Crippen molar-refractivity contribution in [3.63, 3.8) is 0 Å². The van der Waals surface area contributed by atoms with Gasteiger partial charge in [0.2, 0.25) is 0 Å². The molecule has 70 valence electrons. The van der Waals surface area contributed by atoms with Gasteiger partial charge in [-0.1, -0.05) is 0 Å². The first-order chi connectivity index (χ1) is 6.31. The third kappa shape index (κ3) is 1.56. The van der Waals surface area contributed by atoms with Crippen LogP contribution in [-0.2, 0) is 17.0 Å². The van der Waals surface area contributed by atoms with E-state index in [-0.39, 0.29) is 5.97 Å². The molecule has 0 fully saturated rings. The number of aryl methyl sites for hydroxylation is 1. The maximum atomic E-state index is 11.1. The second-order valence-corrected chi connectivity index (χ2v) is 3.89. The Balaban J connectivity index is 2.30. The Hall–Kier alpha value is -0.970. The second kappa shape index (κ2) is 3.41. The van der Waals surface area contributed by atoms with Crippen LogP contribution in [0.25, 0.3) is 0 Å². The first kappa shape index (κ1) is 8.62. The van der Waals surface area contributed by atoms with E-state index in [9.17, 15) is 4.79 Å². The van der Waals surface area contributed by atoms with Gasteiger partial charge in [0, 0.05) is 17.2 Å². The number of rotatable bonds is 1. The standard InChI is InChI=1S/C8H10N2O2S/c1-12-8(11)7-4-6-5-13-3-2-10(6)9-7/h4H,2-3,5H2,1H3. The molecule has 0 bridgehead atoms. The van der Waals surface area contributed by atoms with Crippen molar-refractivity contribution < 1.29 is 9.53 Å². The van der Waals surface area contributed by atoms with Crippen molar-refractivity contribution in [2.24, 2.45) is 0 Å². The fourth-order valence-electron chi connectivity index (χ4n) is 1.30. The van der Waals surface area contributed by atoms with E-state index in [0.717, 1.165) is 23.7 Å². The van der Waals surface area contributed by atoms with Crippen molar-refractivity contribution in [1.29, 1.82) is 0 Å². The number of nitrogens with zero attached hydrogens (tertiary/aromatic N) is 2. The first-order valence-electron chi connectivity index (χ1n) is 4.04. The van der Waals surface area contributed by atoms with Crippen LogP contribution in [0.3, 0.4) is 0 Å². The zero-order valence-corrected chi connectivity index (χ0v) is 8.13. The molecule has 0 radical (unpaired) electrons. The lowest BCUT2D eigenvalue weighted by Crippen LogP contribution is -2.11. The molecule has 4 nitrogen and oxygen atoms in total. The molecule has 0 saturated carbocycles. The van der Waals surface area contributed by atoms with Crippen molar-refractivity contribution in [3.8, 4) is 0 Å². The Morgan fingerprint density at radius 1 is 1.77 bits per heavy atom. The number of methoxy groups -OCH3 is 1. The van der Waals surface area contributed by atoms with Gasteiger partial charge in [-0.05, 0) is 6.07 Å². The smallest absolute Gasteiger partial charge is 0.358 e. The molecule has 0 aromatic carbocycles. The molecule has 13 heavy (non-hydrogen) atoms. The minimum absolute atomic E-state index is 0.355. The van der Waals surface area contributed by atoms with Crippen molar-refractivity contribution >= 4 is 17.7 Å². The average molecular weight is 198 g/mol. The molecule has 2 rings (SSSR count). The van der Waals surface area contributed by atoms with Crippen LogP contribution in [-0.4, -0.2) is 28.6 Å². The van der Waals surface area contributed by atoms with Gasteiger partial charge in [-0.2, -0.15) is 16.9 Å². The van der Waals surface area contributed by atoms with Gasteiger partial charge in [0.25, 0.3) is 0 Å². The van der Waals surface area contributed by atoms with Crippen molar-refractivity contribution in [1.82, 2.24) is 9.78 Å². The van der Waals surface area contributed by atoms with E-state index in [0.29, 0.717) is 5.69 Å². The van der Waals surface area contributed by atoms with Crippen LogP contribution in [0, 0.1) is 0 Å². The summed E-state index contributed by atoms with van der Waals surface area (Å²) in [7, 11) is 1.37. The number of hydrogen-bond acceptors (Lipinski definition) is 4. The van der Waals surface area contributed by atoms with Gasteiger partial charge in [0.15, 0.2) is 5.69 Å². The number of carbonyl (C=O) groups excluding carboxylic acids is 1. The highest BCUT2D eigenvalue weighted by Gasteiger charge is 2.16. The van der Waals surface area contributed by atoms with E-state index in [1.807, 2.05) is 16.4 Å². The van der Waals surface area contributed by atoms with Crippen molar-refractivity contribution in [3.05, 3.63) is 17.5 Å². The molecular formula is C8H10N2O2S. The Kier molecular flexibility index (Phi) is 2.26. The summed E-state index contributed by atoms with van der Waals surface area (Å²) in [5, 5.41) is 4.15. The topological polar surface area (TPSA) is 44.1 Å². The lowest BCUT2D eigenvalue weighted by molar-refractivity contribution is 0.0593. The maximum Gasteiger partial charge on any atom is 0.358 e.